The number of likely N-dealkylation sites (tertiary alicyclic amines) is 1. The minimum absolute atomic E-state index is 0.0369. The van der Waals surface area contributed by atoms with E-state index in [0.717, 1.165) is 0 Å². The Hall–Kier alpha value is -3.88. The number of carboxylic acid groups (broad SMARTS) is 1. The van der Waals surface area contributed by atoms with E-state index in [1.54, 1.807) is 24.0 Å². The number of H-pyrrole nitrogens is 1. The number of aromatic nitrogens is 2. The number of Topliss-reactive ketones (excluding diaryl/α,β-unsaturated/α-hetero) is 1. The summed E-state index contributed by atoms with van der Waals surface area (Å²) in [6.07, 6.45) is 1.61. The fourth-order valence-corrected chi connectivity index (χ4v) is 4.97. The standard InChI is InChI=1S/C28H30FN3O5/c1-16-11-20(29)13-21-24(16)30-22(31-26(21)35)14-28(2,3)15-23(33)32-9-7-17(8-10-32)25(34)18-5-4-6-19(12-18)27(36)37/h4-6,11-13,17H,7-10,14-15H2,1-3H3,(H,36,37)(H,30,31,35). The highest BCUT2D eigenvalue weighted by Gasteiger charge is 2.31. The highest BCUT2D eigenvalue weighted by molar-refractivity contribution is 6.00. The zero-order valence-electron chi connectivity index (χ0n) is 21.1. The molecule has 1 aliphatic rings. The van der Waals surface area contributed by atoms with Crippen molar-refractivity contribution < 1.29 is 23.9 Å². The van der Waals surface area contributed by atoms with Gasteiger partial charge in [0.25, 0.3) is 5.56 Å². The number of nitrogens with one attached hydrogen (secondary N) is 1. The number of aromatic carboxylic acids is 1. The number of ketones is 1. The van der Waals surface area contributed by atoms with Gasteiger partial charge in [0, 0.05) is 37.4 Å². The topological polar surface area (TPSA) is 120 Å². The van der Waals surface area contributed by atoms with E-state index in [-0.39, 0.29) is 35.0 Å². The van der Waals surface area contributed by atoms with E-state index in [0.29, 0.717) is 54.8 Å². The summed E-state index contributed by atoms with van der Waals surface area (Å²) in [5, 5.41) is 9.37. The van der Waals surface area contributed by atoms with Crippen LogP contribution in [0.1, 0.15) is 65.2 Å². The van der Waals surface area contributed by atoms with E-state index in [4.69, 9.17) is 0 Å². The van der Waals surface area contributed by atoms with E-state index in [1.807, 2.05) is 13.8 Å². The lowest BCUT2D eigenvalue weighted by molar-refractivity contribution is -0.134. The number of carbonyl (C=O) groups excluding carboxylic acids is 2. The van der Waals surface area contributed by atoms with Gasteiger partial charge in [0.05, 0.1) is 16.5 Å². The van der Waals surface area contributed by atoms with Crippen LogP contribution in [0.2, 0.25) is 0 Å². The Bertz CT molecular complexity index is 1440. The average molecular weight is 508 g/mol. The van der Waals surface area contributed by atoms with Crippen molar-refractivity contribution in [2.24, 2.45) is 11.3 Å². The first kappa shape index (κ1) is 26.2. The molecular formula is C28H30FN3O5. The molecule has 1 amide bonds. The van der Waals surface area contributed by atoms with Crippen molar-refractivity contribution in [3.8, 4) is 0 Å². The second kappa shape index (κ2) is 10.2. The maximum Gasteiger partial charge on any atom is 0.335 e. The third-order valence-corrected chi connectivity index (χ3v) is 6.90. The Morgan fingerprint density at radius 3 is 2.49 bits per heavy atom. The number of fused-ring (bicyclic) bond motifs is 1. The molecular weight excluding hydrogens is 477 g/mol. The maximum absolute atomic E-state index is 13.7. The quantitative estimate of drug-likeness (QED) is 0.464. The Kier molecular flexibility index (Phi) is 7.25. The fourth-order valence-electron chi connectivity index (χ4n) is 4.97. The maximum atomic E-state index is 13.7. The zero-order valence-corrected chi connectivity index (χ0v) is 21.1. The molecule has 9 heteroatoms. The van der Waals surface area contributed by atoms with Crippen LogP contribution in [0.25, 0.3) is 10.9 Å². The summed E-state index contributed by atoms with van der Waals surface area (Å²) in [4.78, 5) is 58.7. The van der Waals surface area contributed by atoms with E-state index < -0.39 is 22.8 Å². The minimum atomic E-state index is -1.08. The number of piperidine rings is 1. The van der Waals surface area contributed by atoms with Crippen LogP contribution in [0.4, 0.5) is 4.39 Å². The zero-order chi connectivity index (χ0) is 26.9. The third-order valence-electron chi connectivity index (χ3n) is 6.90. The van der Waals surface area contributed by atoms with Crippen LogP contribution in [0, 0.1) is 24.1 Å². The number of hydrogen-bond acceptors (Lipinski definition) is 5. The van der Waals surface area contributed by atoms with Gasteiger partial charge < -0.3 is 15.0 Å². The van der Waals surface area contributed by atoms with Crippen molar-refractivity contribution in [1.82, 2.24) is 14.9 Å². The Morgan fingerprint density at radius 2 is 1.81 bits per heavy atom. The van der Waals surface area contributed by atoms with Crippen LogP contribution < -0.4 is 5.56 Å². The summed E-state index contributed by atoms with van der Waals surface area (Å²) < 4.78 is 13.7. The molecule has 8 nitrogen and oxygen atoms in total. The molecule has 37 heavy (non-hydrogen) atoms. The summed E-state index contributed by atoms with van der Waals surface area (Å²) >= 11 is 0. The monoisotopic (exact) mass is 507 g/mol. The van der Waals surface area contributed by atoms with Gasteiger partial charge in [-0.05, 0) is 55.0 Å². The lowest BCUT2D eigenvalue weighted by atomic mass is 9.83. The number of aryl methyl sites for hydroxylation is 1. The molecule has 0 atom stereocenters. The number of rotatable bonds is 7. The van der Waals surface area contributed by atoms with Gasteiger partial charge in [-0.2, -0.15) is 0 Å². The van der Waals surface area contributed by atoms with Crippen LogP contribution in [-0.2, 0) is 11.2 Å². The van der Waals surface area contributed by atoms with Gasteiger partial charge in [-0.15, -0.1) is 0 Å². The van der Waals surface area contributed by atoms with Crippen molar-refractivity contribution in [2.45, 2.75) is 46.5 Å². The first-order valence-corrected chi connectivity index (χ1v) is 12.3. The lowest BCUT2D eigenvalue weighted by Gasteiger charge is -2.34. The highest BCUT2D eigenvalue weighted by Crippen LogP contribution is 2.29. The van der Waals surface area contributed by atoms with Gasteiger partial charge >= 0.3 is 5.97 Å². The molecule has 4 rings (SSSR count). The predicted molar refractivity (Wildman–Crippen MR) is 136 cm³/mol. The van der Waals surface area contributed by atoms with Gasteiger partial charge in [0.1, 0.15) is 11.6 Å². The van der Waals surface area contributed by atoms with E-state index in [2.05, 4.69) is 9.97 Å². The van der Waals surface area contributed by atoms with Crippen molar-refractivity contribution in [1.29, 1.82) is 0 Å². The van der Waals surface area contributed by atoms with E-state index >= 15 is 0 Å². The second-order valence-electron chi connectivity index (χ2n) is 10.6. The summed E-state index contributed by atoms with van der Waals surface area (Å²) in [7, 11) is 0. The lowest BCUT2D eigenvalue weighted by Crippen LogP contribution is -2.42. The Labute approximate surface area is 213 Å². The Balaban J connectivity index is 1.38. The summed E-state index contributed by atoms with van der Waals surface area (Å²) in [5.74, 6) is -1.53. The van der Waals surface area contributed by atoms with Gasteiger partial charge in [0.2, 0.25) is 5.91 Å². The van der Waals surface area contributed by atoms with Crippen LogP contribution >= 0.6 is 0 Å². The van der Waals surface area contributed by atoms with Gasteiger partial charge in [0.15, 0.2) is 5.78 Å². The first-order valence-electron chi connectivity index (χ1n) is 12.3. The minimum Gasteiger partial charge on any atom is -0.478 e. The molecule has 194 valence electrons. The van der Waals surface area contributed by atoms with Crippen LogP contribution in [0.5, 0.6) is 0 Å². The number of nitrogens with zero attached hydrogens (tertiary/aromatic N) is 2. The molecule has 0 radical (unpaired) electrons. The summed E-state index contributed by atoms with van der Waals surface area (Å²) in [5.41, 5.74) is 0.556. The molecule has 0 unspecified atom stereocenters. The Morgan fingerprint density at radius 1 is 1.14 bits per heavy atom. The first-order chi connectivity index (χ1) is 17.4. The van der Waals surface area contributed by atoms with Crippen LogP contribution in [0.15, 0.2) is 41.2 Å². The van der Waals surface area contributed by atoms with Gasteiger partial charge in [-0.1, -0.05) is 26.0 Å². The number of aromatic amines is 1. The molecule has 2 heterocycles. The number of carbonyl (C=O) groups is 3. The van der Waals surface area contributed by atoms with Gasteiger partial charge in [-0.25, -0.2) is 14.2 Å². The molecule has 0 spiro atoms. The fraction of sp³-hybridized carbons (Fsp3) is 0.393. The second-order valence-corrected chi connectivity index (χ2v) is 10.6. The normalized spacial score (nSPS) is 14.6. The summed E-state index contributed by atoms with van der Waals surface area (Å²) in [6.45, 7) is 6.45. The smallest absolute Gasteiger partial charge is 0.335 e. The molecule has 2 N–H and O–H groups in total. The number of benzene rings is 2. The molecule has 0 saturated carbocycles. The van der Waals surface area contributed by atoms with E-state index in [1.165, 1.54) is 24.3 Å². The van der Waals surface area contributed by atoms with Crippen molar-refractivity contribution >= 4 is 28.6 Å². The summed E-state index contributed by atoms with van der Waals surface area (Å²) in [6, 6.07) is 8.54. The number of hydrogen-bond donors (Lipinski definition) is 2. The number of amides is 1. The predicted octanol–water partition coefficient (Wildman–Crippen LogP) is 4.15. The molecule has 3 aromatic rings. The molecule has 1 aliphatic heterocycles. The largest absolute Gasteiger partial charge is 0.478 e. The van der Waals surface area contributed by atoms with Crippen LogP contribution in [-0.4, -0.2) is 50.7 Å². The highest BCUT2D eigenvalue weighted by atomic mass is 19.1. The van der Waals surface area contributed by atoms with Crippen molar-refractivity contribution in [3.05, 3.63) is 75.1 Å². The molecule has 0 aliphatic carbocycles. The van der Waals surface area contributed by atoms with Crippen molar-refractivity contribution in [3.63, 3.8) is 0 Å². The molecule has 2 aromatic carbocycles. The molecule has 0 bridgehead atoms. The molecule has 1 saturated heterocycles. The SMILES string of the molecule is Cc1cc(F)cc2c(=O)[nH]c(CC(C)(C)CC(=O)N3CCC(C(=O)c4cccc(C(=O)O)c4)CC3)nc12. The third kappa shape index (κ3) is 5.93. The van der Waals surface area contributed by atoms with Crippen LogP contribution in [0.3, 0.4) is 0 Å². The van der Waals surface area contributed by atoms with Crippen molar-refractivity contribution in [2.75, 3.05) is 13.1 Å². The number of carboxylic acids is 1. The average Bonchev–Trinajstić information content (AvgIpc) is 2.84. The molecule has 1 aromatic heterocycles. The van der Waals surface area contributed by atoms with Gasteiger partial charge in [-0.3, -0.25) is 14.4 Å². The molecule has 1 fully saturated rings. The van der Waals surface area contributed by atoms with E-state index in [9.17, 15) is 28.7 Å². The number of halogens is 1.